The maximum Gasteiger partial charge on any atom is 0.227 e. The highest BCUT2D eigenvalue weighted by Gasteiger charge is 2.15. The Hall–Kier alpha value is -3.48. The molecule has 4 rings (SSSR count). The lowest BCUT2D eigenvalue weighted by Gasteiger charge is -2.06. The molecule has 130 valence electrons. The summed E-state index contributed by atoms with van der Waals surface area (Å²) in [5.74, 6) is -0.109. The topological polar surface area (TPSA) is 86.5 Å². The molecule has 0 aliphatic heterocycles. The highest BCUT2D eigenvalue weighted by Crippen LogP contribution is 2.31. The van der Waals surface area contributed by atoms with Crippen molar-refractivity contribution >= 4 is 22.8 Å². The summed E-state index contributed by atoms with van der Waals surface area (Å²) in [6, 6.07) is 14.2. The monoisotopic (exact) mass is 349 g/mol. The molecule has 2 aromatic carbocycles. The van der Waals surface area contributed by atoms with Crippen molar-refractivity contribution in [2.24, 2.45) is 0 Å². The van der Waals surface area contributed by atoms with E-state index in [0.717, 1.165) is 27.7 Å². The second-order valence-electron chi connectivity index (χ2n) is 5.91. The van der Waals surface area contributed by atoms with Gasteiger partial charge < -0.3 is 4.98 Å². The number of hydrogen-bond acceptors (Lipinski definition) is 3. The van der Waals surface area contributed by atoms with Gasteiger partial charge in [-0.05, 0) is 47.9 Å². The van der Waals surface area contributed by atoms with Crippen LogP contribution >= 0.6 is 0 Å². The molecule has 0 saturated heterocycles. The number of fused-ring (bicyclic) bond motifs is 1. The van der Waals surface area contributed by atoms with Crippen LogP contribution in [0.4, 0.5) is 10.3 Å². The summed E-state index contributed by atoms with van der Waals surface area (Å²) in [6.07, 6.45) is 2.16. The molecule has 0 atom stereocenters. The van der Waals surface area contributed by atoms with E-state index < -0.39 is 0 Å². The number of nitrogens with one attached hydrogen (secondary N) is 3. The molecule has 0 radical (unpaired) electrons. The van der Waals surface area contributed by atoms with Gasteiger partial charge in [0.1, 0.15) is 12.1 Å². The highest BCUT2D eigenvalue weighted by molar-refractivity contribution is 5.93. The average molecular weight is 349 g/mol. The predicted molar refractivity (Wildman–Crippen MR) is 97.0 cm³/mol. The van der Waals surface area contributed by atoms with Gasteiger partial charge in [-0.15, -0.1) is 0 Å². The Bertz CT molecular complexity index is 1040. The van der Waals surface area contributed by atoms with Crippen LogP contribution in [0.2, 0.25) is 0 Å². The quantitative estimate of drug-likeness (QED) is 0.514. The second-order valence-corrected chi connectivity index (χ2v) is 5.91. The van der Waals surface area contributed by atoms with Crippen molar-refractivity contribution in [3.8, 4) is 11.3 Å². The van der Waals surface area contributed by atoms with Gasteiger partial charge in [0.25, 0.3) is 0 Å². The number of benzene rings is 2. The van der Waals surface area contributed by atoms with E-state index >= 15 is 0 Å². The van der Waals surface area contributed by atoms with E-state index in [0.29, 0.717) is 12.4 Å². The summed E-state index contributed by atoms with van der Waals surface area (Å²) >= 11 is 0. The largest absolute Gasteiger partial charge is 0.354 e. The van der Waals surface area contributed by atoms with Crippen LogP contribution in [0.5, 0.6) is 0 Å². The molecule has 2 aromatic heterocycles. The predicted octanol–water partition coefficient (Wildman–Crippen LogP) is 3.66. The number of aromatic amines is 2. The molecule has 4 aromatic rings. The second kappa shape index (κ2) is 6.79. The summed E-state index contributed by atoms with van der Waals surface area (Å²) < 4.78 is 13.3. The van der Waals surface area contributed by atoms with Crippen LogP contribution in [0.3, 0.4) is 0 Å². The lowest BCUT2D eigenvalue weighted by molar-refractivity contribution is -0.116. The van der Waals surface area contributed by atoms with Crippen molar-refractivity contribution in [1.82, 2.24) is 20.2 Å². The number of aryl methyl sites for hydroxylation is 1. The van der Waals surface area contributed by atoms with E-state index in [1.165, 1.54) is 18.5 Å². The lowest BCUT2D eigenvalue weighted by Crippen LogP contribution is -2.13. The first-order valence-electron chi connectivity index (χ1n) is 8.21. The Morgan fingerprint density at radius 1 is 1.12 bits per heavy atom. The molecular formula is C19H16FN5O. The Morgan fingerprint density at radius 2 is 1.92 bits per heavy atom. The zero-order chi connectivity index (χ0) is 17.9. The number of H-pyrrole nitrogens is 2. The molecule has 0 aliphatic rings. The third-order valence-corrected chi connectivity index (χ3v) is 4.22. The fourth-order valence-corrected chi connectivity index (χ4v) is 3.02. The number of anilines is 1. The number of amides is 1. The number of carbonyl (C=O) groups is 1. The van der Waals surface area contributed by atoms with E-state index in [4.69, 9.17) is 0 Å². The zero-order valence-corrected chi connectivity index (χ0v) is 13.8. The van der Waals surface area contributed by atoms with Gasteiger partial charge in [0.05, 0.1) is 0 Å². The van der Waals surface area contributed by atoms with Crippen LogP contribution in [-0.4, -0.2) is 26.1 Å². The molecular weight excluding hydrogens is 333 g/mol. The first-order chi connectivity index (χ1) is 12.7. The molecule has 0 unspecified atom stereocenters. The lowest BCUT2D eigenvalue weighted by atomic mass is 10.0. The number of aromatic nitrogens is 4. The molecule has 0 aliphatic carbocycles. The van der Waals surface area contributed by atoms with Crippen molar-refractivity contribution in [1.29, 1.82) is 0 Å². The van der Waals surface area contributed by atoms with Crippen LogP contribution < -0.4 is 5.32 Å². The fourth-order valence-electron chi connectivity index (χ4n) is 3.02. The van der Waals surface area contributed by atoms with E-state index in [2.05, 4.69) is 25.5 Å². The summed E-state index contributed by atoms with van der Waals surface area (Å²) in [5, 5.41) is 10.0. The van der Waals surface area contributed by atoms with Crippen molar-refractivity contribution in [3.63, 3.8) is 0 Å². The SMILES string of the molecule is O=C(CCc1c(-c2ccc(F)cc2)[nH]c2ccccc12)Nc1ncn[nH]1. The van der Waals surface area contributed by atoms with Gasteiger partial charge in [-0.25, -0.2) is 9.49 Å². The van der Waals surface area contributed by atoms with Gasteiger partial charge in [-0.1, -0.05) is 18.2 Å². The maximum absolute atomic E-state index is 13.3. The minimum absolute atomic E-state index is 0.155. The highest BCUT2D eigenvalue weighted by atomic mass is 19.1. The Kier molecular flexibility index (Phi) is 4.18. The summed E-state index contributed by atoms with van der Waals surface area (Å²) in [6.45, 7) is 0. The van der Waals surface area contributed by atoms with Gasteiger partial charge in [-0.3, -0.25) is 10.1 Å². The molecule has 0 bridgehead atoms. The Morgan fingerprint density at radius 3 is 2.69 bits per heavy atom. The van der Waals surface area contributed by atoms with Crippen molar-refractivity contribution < 1.29 is 9.18 Å². The van der Waals surface area contributed by atoms with E-state index in [-0.39, 0.29) is 18.1 Å². The number of para-hydroxylation sites is 1. The van der Waals surface area contributed by atoms with Crippen LogP contribution in [-0.2, 0) is 11.2 Å². The molecule has 3 N–H and O–H groups in total. The first-order valence-corrected chi connectivity index (χ1v) is 8.21. The normalized spacial score (nSPS) is 11.0. The number of rotatable bonds is 5. The van der Waals surface area contributed by atoms with Crippen LogP contribution in [0, 0.1) is 5.82 Å². The van der Waals surface area contributed by atoms with Gasteiger partial charge in [-0.2, -0.15) is 10.1 Å². The summed E-state index contributed by atoms with van der Waals surface area (Å²) in [5.41, 5.74) is 3.80. The van der Waals surface area contributed by atoms with E-state index in [1.54, 1.807) is 12.1 Å². The molecule has 2 heterocycles. The fraction of sp³-hybridized carbons (Fsp3) is 0.105. The molecule has 1 amide bonds. The van der Waals surface area contributed by atoms with Crippen molar-refractivity contribution in [3.05, 3.63) is 66.2 Å². The number of carbonyl (C=O) groups excluding carboxylic acids is 1. The molecule has 0 spiro atoms. The number of nitrogens with zero attached hydrogens (tertiary/aromatic N) is 2. The Labute approximate surface area is 148 Å². The van der Waals surface area contributed by atoms with E-state index in [9.17, 15) is 9.18 Å². The molecule has 0 saturated carbocycles. The number of halogens is 1. The molecule has 7 heteroatoms. The van der Waals surface area contributed by atoms with Crippen molar-refractivity contribution in [2.75, 3.05) is 5.32 Å². The van der Waals surface area contributed by atoms with Gasteiger partial charge in [0.15, 0.2) is 0 Å². The van der Waals surface area contributed by atoms with Crippen LogP contribution in [0.1, 0.15) is 12.0 Å². The summed E-state index contributed by atoms with van der Waals surface area (Å²) in [4.78, 5) is 19.4. The average Bonchev–Trinajstić information content (AvgIpc) is 3.28. The van der Waals surface area contributed by atoms with Gasteiger partial charge in [0, 0.05) is 23.0 Å². The third kappa shape index (κ3) is 3.19. The number of hydrogen-bond donors (Lipinski definition) is 3. The van der Waals surface area contributed by atoms with Gasteiger partial charge in [0.2, 0.25) is 11.9 Å². The van der Waals surface area contributed by atoms with E-state index in [1.807, 2.05) is 24.3 Å². The third-order valence-electron chi connectivity index (χ3n) is 4.22. The maximum atomic E-state index is 13.3. The summed E-state index contributed by atoms with van der Waals surface area (Å²) in [7, 11) is 0. The van der Waals surface area contributed by atoms with Gasteiger partial charge >= 0.3 is 0 Å². The smallest absolute Gasteiger partial charge is 0.227 e. The standard InChI is InChI=1S/C19H16FN5O/c20-13-7-5-12(6-8-13)18-15(14-3-1-2-4-16(14)23-18)9-10-17(26)24-19-21-11-22-25-19/h1-8,11,23H,9-10H2,(H2,21,22,24,25,26). The Balaban J connectivity index is 1.63. The minimum Gasteiger partial charge on any atom is -0.354 e. The van der Waals surface area contributed by atoms with Crippen LogP contribution in [0.25, 0.3) is 22.2 Å². The zero-order valence-electron chi connectivity index (χ0n) is 13.8. The molecule has 26 heavy (non-hydrogen) atoms. The first kappa shape index (κ1) is 16.0. The molecule has 0 fully saturated rings. The van der Waals surface area contributed by atoms with Crippen molar-refractivity contribution in [2.45, 2.75) is 12.8 Å². The minimum atomic E-state index is -0.280. The van der Waals surface area contributed by atoms with Crippen LogP contribution in [0.15, 0.2) is 54.9 Å². The molecule has 6 nitrogen and oxygen atoms in total.